The second-order valence-electron chi connectivity index (χ2n) is 6.26. The molecular weight excluding hydrogens is 260 g/mol. The van der Waals surface area contributed by atoms with E-state index in [0.717, 1.165) is 18.4 Å². The van der Waals surface area contributed by atoms with Gasteiger partial charge in [-0.05, 0) is 43.4 Å². The lowest BCUT2D eigenvalue weighted by atomic mass is 10.1. The van der Waals surface area contributed by atoms with Gasteiger partial charge in [0.2, 0.25) is 5.91 Å². The standard InChI is InChI=1S/C18H24N2O/c1-14-8-9-17-15(12-14)10-11-20(17)13-18(21)19-16-6-4-2-3-5-7-16/h8-12,16H,2-7,13H2,1H3,(H,19,21). The summed E-state index contributed by atoms with van der Waals surface area (Å²) >= 11 is 0. The van der Waals surface area contributed by atoms with Crippen molar-refractivity contribution < 1.29 is 4.79 Å². The number of carbonyl (C=O) groups is 1. The zero-order valence-electron chi connectivity index (χ0n) is 12.8. The number of amides is 1. The van der Waals surface area contributed by atoms with Crippen molar-refractivity contribution in [2.24, 2.45) is 0 Å². The Morgan fingerprint density at radius 1 is 1.19 bits per heavy atom. The van der Waals surface area contributed by atoms with E-state index in [9.17, 15) is 4.79 Å². The van der Waals surface area contributed by atoms with Gasteiger partial charge in [-0.1, -0.05) is 37.3 Å². The highest BCUT2D eigenvalue weighted by molar-refractivity contribution is 5.83. The van der Waals surface area contributed by atoms with Gasteiger partial charge in [0.05, 0.1) is 0 Å². The number of fused-ring (bicyclic) bond motifs is 1. The predicted octanol–water partition coefficient (Wildman–Crippen LogP) is 3.79. The second-order valence-corrected chi connectivity index (χ2v) is 6.26. The van der Waals surface area contributed by atoms with Crippen LogP contribution in [0.4, 0.5) is 0 Å². The summed E-state index contributed by atoms with van der Waals surface area (Å²) in [6.45, 7) is 2.51. The number of benzene rings is 1. The van der Waals surface area contributed by atoms with Crippen molar-refractivity contribution in [3.63, 3.8) is 0 Å². The summed E-state index contributed by atoms with van der Waals surface area (Å²) in [5.41, 5.74) is 2.39. The topological polar surface area (TPSA) is 34.0 Å². The molecule has 1 N–H and O–H groups in total. The van der Waals surface area contributed by atoms with Gasteiger partial charge in [-0.25, -0.2) is 0 Å². The largest absolute Gasteiger partial charge is 0.352 e. The van der Waals surface area contributed by atoms with Gasteiger partial charge < -0.3 is 9.88 Å². The van der Waals surface area contributed by atoms with E-state index in [1.807, 2.05) is 10.8 Å². The Bertz CT molecular complexity index is 621. The number of nitrogens with zero attached hydrogens (tertiary/aromatic N) is 1. The molecule has 0 aliphatic heterocycles. The summed E-state index contributed by atoms with van der Waals surface area (Å²) in [7, 11) is 0. The van der Waals surface area contributed by atoms with Crippen LogP contribution in [-0.2, 0) is 11.3 Å². The van der Waals surface area contributed by atoms with Crippen LogP contribution in [0, 0.1) is 6.92 Å². The summed E-state index contributed by atoms with van der Waals surface area (Å²) < 4.78 is 2.04. The first-order chi connectivity index (χ1) is 10.2. The van der Waals surface area contributed by atoms with Gasteiger partial charge in [0, 0.05) is 17.8 Å². The van der Waals surface area contributed by atoms with Crippen molar-refractivity contribution in [3.05, 3.63) is 36.0 Å². The molecule has 1 aliphatic rings. The predicted molar refractivity (Wildman–Crippen MR) is 86.3 cm³/mol. The molecule has 3 rings (SSSR count). The Morgan fingerprint density at radius 2 is 1.95 bits per heavy atom. The maximum absolute atomic E-state index is 12.3. The molecule has 1 aromatic heterocycles. The van der Waals surface area contributed by atoms with Crippen molar-refractivity contribution in [2.75, 3.05) is 0 Å². The zero-order chi connectivity index (χ0) is 14.7. The van der Waals surface area contributed by atoms with Gasteiger partial charge >= 0.3 is 0 Å². The first-order valence-electron chi connectivity index (χ1n) is 8.07. The van der Waals surface area contributed by atoms with Crippen molar-refractivity contribution in [2.45, 2.75) is 58.0 Å². The lowest BCUT2D eigenvalue weighted by molar-refractivity contribution is -0.122. The maximum atomic E-state index is 12.3. The molecule has 0 bridgehead atoms. The van der Waals surface area contributed by atoms with Crippen LogP contribution in [0.25, 0.3) is 10.9 Å². The van der Waals surface area contributed by atoms with Crippen LogP contribution >= 0.6 is 0 Å². The summed E-state index contributed by atoms with van der Waals surface area (Å²) in [6, 6.07) is 8.83. The third-order valence-electron chi connectivity index (χ3n) is 4.46. The van der Waals surface area contributed by atoms with Crippen LogP contribution in [0.5, 0.6) is 0 Å². The number of hydrogen-bond donors (Lipinski definition) is 1. The van der Waals surface area contributed by atoms with E-state index < -0.39 is 0 Å². The van der Waals surface area contributed by atoms with Crippen molar-refractivity contribution in [1.29, 1.82) is 0 Å². The Morgan fingerprint density at radius 3 is 2.71 bits per heavy atom. The van der Waals surface area contributed by atoms with Gasteiger partial charge in [-0.15, -0.1) is 0 Å². The molecule has 0 atom stereocenters. The monoisotopic (exact) mass is 284 g/mol. The Labute approximate surface area is 126 Å². The first kappa shape index (κ1) is 14.2. The molecule has 1 aromatic carbocycles. The van der Waals surface area contributed by atoms with E-state index >= 15 is 0 Å². The molecule has 2 aromatic rings. The van der Waals surface area contributed by atoms with E-state index in [2.05, 4.69) is 36.5 Å². The minimum atomic E-state index is 0.139. The fourth-order valence-electron chi connectivity index (χ4n) is 3.31. The van der Waals surface area contributed by atoms with Crippen LogP contribution in [0.15, 0.2) is 30.5 Å². The number of rotatable bonds is 3. The van der Waals surface area contributed by atoms with Crippen LogP contribution in [0.1, 0.15) is 44.1 Å². The number of aryl methyl sites for hydroxylation is 1. The van der Waals surface area contributed by atoms with Crippen molar-refractivity contribution in [1.82, 2.24) is 9.88 Å². The number of nitrogens with one attached hydrogen (secondary N) is 1. The van der Waals surface area contributed by atoms with Crippen LogP contribution < -0.4 is 5.32 Å². The maximum Gasteiger partial charge on any atom is 0.240 e. The highest BCUT2D eigenvalue weighted by Gasteiger charge is 2.15. The Hall–Kier alpha value is -1.77. The molecule has 1 saturated carbocycles. The molecule has 1 amide bonds. The average Bonchev–Trinajstić information content (AvgIpc) is 2.68. The average molecular weight is 284 g/mol. The van der Waals surface area contributed by atoms with E-state index in [1.165, 1.54) is 36.6 Å². The van der Waals surface area contributed by atoms with Gasteiger partial charge in [0.15, 0.2) is 0 Å². The third-order valence-corrected chi connectivity index (χ3v) is 4.46. The fraction of sp³-hybridized carbons (Fsp3) is 0.500. The SMILES string of the molecule is Cc1ccc2c(ccn2CC(=O)NC2CCCCCC2)c1. The molecule has 1 heterocycles. The van der Waals surface area contributed by atoms with E-state index in [4.69, 9.17) is 0 Å². The number of carbonyl (C=O) groups excluding carboxylic acids is 1. The number of hydrogen-bond acceptors (Lipinski definition) is 1. The highest BCUT2D eigenvalue weighted by Crippen LogP contribution is 2.19. The van der Waals surface area contributed by atoms with Crippen LogP contribution in [0.3, 0.4) is 0 Å². The van der Waals surface area contributed by atoms with Crippen LogP contribution in [-0.4, -0.2) is 16.5 Å². The molecule has 0 radical (unpaired) electrons. The Kier molecular flexibility index (Phi) is 4.28. The molecule has 0 unspecified atom stereocenters. The molecule has 3 nitrogen and oxygen atoms in total. The molecule has 21 heavy (non-hydrogen) atoms. The molecule has 0 spiro atoms. The minimum Gasteiger partial charge on any atom is -0.352 e. The summed E-state index contributed by atoms with van der Waals surface area (Å²) in [5.74, 6) is 0.139. The first-order valence-corrected chi connectivity index (χ1v) is 8.07. The van der Waals surface area contributed by atoms with E-state index in [-0.39, 0.29) is 5.91 Å². The van der Waals surface area contributed by atoms with E-state index in [1.54, 1.807) is 0 Å². The van der Waals surface area contributed by atoms with E-state index in [0.29, 0.717) is 12.6 Å². The number of aromatic nitrogens is 1. The highest BCUT2D eigenvalue weighted by atomic mass is 16.2. The smallest absolute Gasteiger partial charge is 0.240 e. The normalized spacial score (nSPS) is 16.8. The summed E-state index contributed by atoms with van der Waals surface area (Å²) in [6.07, 6.45) is 9.40. The third kappa shape index (κ3) is 3.46. The summed E-state index contributed by atoms with van der Waals surface area (Å²) in [5, 5.41) is 4.42. The summed E-state index contributed by atoms with van der Waals surface area (Å²) in [4.78, 5) is 12.3. The lowest BCUT2D eigenvalue weighted by Gasteiger charge is -2.16. The molecule has 1 fully saturated rings. The van der Waals surface area contributed by atoms with Crippen molar-refractivity contribution >= 4 is 16.8 Å². The molecule has 1 aliphatic carbocycles. The van der Waals surface area contributed by atoms with Gasteiger partial charge in [0.25, 0.3) is 0 Å². The zero-order valence-corrected chi connectivity index (χ0v) is 12.8. The van der Waals surface area contributed by atoms with Gasteiger partial charge in [0.1, 0.15) is 6.54 Å². The minimum absolute atomic E-state index is 0.139. The molecule has 0 saturated heterocycles. The van der Waals surface area contributed by atoms with Crippen molar-refractivity contribution in [3.8, 4) is 0 Å². The molecule has 112 valence electrons. The van der Waals surface area contributed by atoms with Crippen LogP contribution in [0.2, 0.25) is 0 Å². The Balaban J connectivity index is 1.65. The second kappa shape index (κ2) is 6.33. The lowest BCUT2D eigenvalue weighted by Crippen LogP contribution is -2.36. The van der Waals surface area contributed by atoms with Gasteiger partial charge in [-0.3, -0.25) is 4.79 Å². The fourth-order valence-corrected chi connectivity index (χ4v) is 3.31. The molecular formula is C18H24N2O. The molecule has 3 heteroatoms. The van der Waals surface area contributed by atoms with Gasteiger partial charge in [-0.2, -0.15) is 0 Å². The quantitative estimate of drug-likeness (QED) is 0.855.